The molecule has 0 aliphatic carbocycles. The SMILES string of the molecule is NC(=O)C1CCC(=O)N1CCCc1ccc(NC(=C2C(=O)Nc3ccc([N+](=O)[O-])cc32)c2ccccc2)cc1. The average Bonchev–Trinajstić information content (AvgIpc) is 3.46. The summed E-state index contributed by atoms with van der Waals surface area (Å²) < 4.78 is 0. The highest BCUT2D eigenvalue weighted by Crippen LogP contribution is 2.39. The number of carbonyl (C=O) groups is 3. The quantitative estimate of drug-likeness (QED) is 0.219. The number of aryl methyl sites for hydroxylation is 1. The highest BCUT2D eigenvalue weighted by Gasteiger charge is 2.34. The van der Waals surface area contributed by atoms with Gasteiger partial charge in [0.1, 0.15) is 6.04 Å². The molecule has 0 aromatic heterocycles. The molecule has 0 bridgehead atoms. The highest BCUT2D eigenvalue weighted by atomic mass is 16.6. The van der Waals surface area contributed by atoms with Crippen LogP contribution in [0.5, 0.6) is 0 Å². The molecular weight excluding hydrogens is 498 g/mol. The summed E-state index contributed by atoms with van der Waals surface area (Å²) in [6.45, 7) is 0.470. The maximum Gasteiger partial charge on any atom is 0.270 e. The smallest absolute Gasteiger partial charge is 0.270 e. The number of hydrogen-bond acceptors (Lipinski definition) is 6. The first-order valence-electron chi connectivity index (χ1n) is 12.7. The van der Waals surface area contributed by atoms with Crippen molar-refractivity contribution in [1.29, 1.82) is 0 Å². The van der Waals surface area contributed by atoms with Crippen LogP contribution in [-0.2, 0) is 20.8 Å². The second-order valence-corrected chi connectivity index (χ2v) is 9.53. The van der Waals surface area contributed by atoms with Crippen molar-refractivity contribution in [2.75, 3.05) is 17.2 Å². The molecule has 39 heavy (non-hydrogen) atoms. The lowest BCUT2D eigenvalue weighted by atomic mass is 9.99. The van der Waals surface area contributed by atoms with Gasteiger partial charge in [-0.1, -0.05) is 42.5 Å². The third-order valence-electron chi connectivity index (χ3n) is 7.02. The molecule has 1 saturated heterocycles. The van der Waals surface area contributed by atoms with Gasteiger partial charge in [-0.3, -0.25) is 24.5 Å². The van der Waals surface area contributed by atoms with E-state index in [1.165, 1.54) is 18.2 Å². The average molecular weight is 526 g/mol. The van der Waals surface area contributed by atoms with E-state index in [0.717, 1.165) is 16.8 Å². The fraction of sp³-hybridized carbons (Fsp3) is 0.207. The summed E-state index contributed by atoms with van der Waals surface area (Å²) in [5, 5.41) is 17.5. The number of benzene rings is 3. The first-order chi connectivity index (χ1) is 18.8. The molecule has 0 radical (unpaired) electrons. The second kappa shape index (κ2) is 10.8. The third kappa shape index (κ3) is 5.35. The molecule has 1 unspecified atom stereocenters. The van der Waals surface area contributed by atoms with Crippen LogP contribution in [0.15, 0.2) is 72.8 Å². The van der Waals surface area contributed by atoms with Gasteiger partial charge in [0.05, 0.1) is 16.2 Å². The predicted octanol–water partition coefficient (Wildman–Crippen LogP) is 3.94. The van der Waals surface area contributed by atoms with Crippen LogP contribution in [0.3, 0.4) is 0 Å². The first-order valence-corrected chi connectivity index (χ1v) is 12.7. The topological polar surface area (TPSA) is 148 Å². The van der Waals surface area contributed by atoms with Gasteiger partial charge in [0.25, 0.3) is 11.6 Å². The number of nitrogens with two attached hydrogens (primary N) is 1. The van der Waals surface area contributed by atoms with Crippen LogP contribution in [0, 0.1) is 10.1 Å². The van der Waals surface area contributed by atoms with Gasteiger partial charge in [-0.15, -0.1) is 0 Å². The predicted molar refractivity (Wildman–Crippen MR) is 147 cm³/mol. The van der Waals surface area contributed by atoms with Gasteiger partial charge in [-0.2, -0.15) is 0 Å². The Labute approximate surface area is 224 Å². The Morgan fingerprint density at radius 1 is 1.08 bits per heavy atom. The zero-order valence-electron chi connectivity index (χ0n) is 21.1. The third-order valence-corrected chi connectivity index (χ3v) is 7.02. The lowest BCUT2D eigenvalue weighted by molar-refractivity contribution is -0.384. The summed E-state index contributed by atoms with van der Waals surface area (Å²) >= 11 is 0. The van der Waals surface area contributed by atoms with Crippen molar-refractivity contribution in [3.05, 3.63) is 99.6 Å². The molecule has 10 heteroatoms. The number of rotatable bonds is 9. The molecule has 3 aromatic carbocycles. The van der Waals surface area contributed by atoms with E-state index in [1.54, 1.807) is 4.90 Å². The van der Waals surface area contributed by atoms with E-state index in [1.807, 2.05) is 54.6 Å². The molecule has 4 N–H and O–H groups in total. The zero-order chi connectivity index (χ0) is 27.5. The number of amides is 3. The molecule has 0 spiro atoms. The van der Waals surface area contributed by atoms with Crippen molar-refractivity contribution >= 4 is 46.1 Å². The number of nitrogens with one attached hydrogen (secondary N) is 2. The van der Waals surface area contributed by atoms with E-state index in [9.17, 15) is 24.5 Å². The van der Waals surface area contributed by atoms with Crippen LogP contribution in [0.1, 0.15) is 36.0 Å². The summed E-state index contributed by atoms with van der Waals surface area (Å²) in [5.41, 5.74) is 9.71. The van der Waals surface area contributed by atoms with Crippen molar-refractivity contribution in [3.8, 4) is 0 Å². The van der Waals surface area contributed by atoms with Crippen LogP contribution in [-0.4, -0.2) is 40.1 Å². The van der Waals surface area contributed by atoms with Crippen LogP contribution < -0.4 is 16.4 Å². The maximum absolute atomic E-state index is 13.1. The lowest BCUT2D eigenvalue weighted by Crippen LogP contribution is -2.42. The van der Waals surface area contributed by atoms with E-state index in [-0.39, 0.29) is 17.5 Å². The van der Waals surface area contributed by atoms with E-state index in [2.05, 4.69) is 10.6 Å². The van der Waals surface area contributed by atoms with Crippen LogP contribution in [0.25, 0.3) is 11.3 Å². The molecule has 3 amide bonds. The van der Waals surface area contributed by atoms with Crippen LogP contribution >= 0.6 is 0 Å². The van der Waals surface area contributed by atoms with Crippen molar-refractivity contribution in [3.63, 3.8) is 0 Å². The van der Waals surface area contributed by atoms with Crippen molar-refractivity contribution in [2.45, 2.75) is 31.7 Å². The molecule has 10 nitrogen and oxygen atoms in total. The molecular formula is C29H27N5O5. The molecule has 1 fully saturated rings. The molecule has 2 aliphatic rings. The largest absolute Gasteiger partial charge is 0.368 e. The summed E-state index contributed by atoms with van der Waals surface area (Å²) in [6.07, 6.45) is 2.23. The Kier molecular flexibility index (Phi) is 7.09. The Morgan fingerprint density at radius 2 is 1.82 bits per heavy atom. The number of nitro groups is 1. The Hall–Kier alpha value is -4.99. The van der Waals surface area contributed by atoms with Gasteiger partial charge >= 0.3 is 0 Å². The number of likely N-dealkylation sites (tertiary alicyclic amines) is 1. The Balaban J connectivity index is 1.37. The summed E-state index contributed by atoms with van der Waals surface area (Å²) in [6, 6.07) is 20.8. The van der Waals surface area contributed by atoms with Crippen molar-refractivity contribution in [1.82, 2.24) is 4.90 Å². The van der Waals surface area contributed by atoms with Gasteiger partial charge < -0.3 is 21.3 Å². The molecule has 5 rings (SSSR count). The van der Waals surface area contributed by atoms with Crippen LogP contribution in [0.2, 0.25) is 0 Å². The minimum Gasteiger partial charge on any atom is -0.368 e. The summed E-state index contributed by atoms with van der Waals surface area (Å²) in [7, 11) is 0. The van der Waals surface area contributed by atoms with Crippen LogP contribution in [0.4, 0.5) is 17.1 Å². The van der Waals surface area contributed by atoms with E-state index in [0.29, 0.717) is 54.7 Å². The number of anilines is 2. The Morgan fingerprint density at radius 3 is 2.51 bits per heavy atom. The van der Waals surface area contributed by atoms with Gasteiger partial charge in [0.2, 0.25) is 11.8 Å². The molecule has 3 aromatic rings. The fourth-order valence-corrected chi connectivity index (χ4v) is 5.06. The van der Waals surface area contributed by atoms with Crippen molar-refractivity contribution in [2.24, 2.45) is 5.73 Å². The number of fused-ring (bicyclic) bond motifs is 1. The number of nitrogens with zero attached hydrogens (tertiary/aromatic N) is 2. The monoisotopic (exact) mass is 525 g/mol. The van der Waals surface area contributed by atoms with Crippen molar-refractivity contribution < 1.29 is 19.3 Å². The molecule has 2 heterocycles. The van der Waals surface area contributed by atoms with E-state index in [4.69, 9.17) is 5.73 Å². The minimum absolute atomic E-state index is 0.0392. The maximum atomic E-state index is 13.1. The molecule has 1 atom stereocenters. The number of nitro benzene ring substituents is 1. The van der Waals surface area contributed by atoms with E-state index >= 15 is 0 Å². The number of hydrogen-bond donors (Lipinski definition) is 3. The molecule has 2 aliphatic heterocycles. The first kappa shape index (κ1) is 25.7. The van der Waals surface area contributed by atoms with Gasteiger partial charge in [-0.25, -0.2) is 0 Å². The lowest BCUT2D eigenvalue weighted by Gasteiger charge is -2.22. The van der Waals surface area contributed by atoms with Gasteiger partial charge in [0, 0.05) is 42.0 Å². The molecule has 198 valence electrons. The number of primary amides is 1. The number of carbonyl (C=O) groups excluding carboxylic acids is 3. The zero-order valence-corrected chi connectivity index (χ0v) is 21.1. The minimum atomic E-state index is -0.520. The normalized spacial score (nSPS) is 17.5. The Bertz CT molecular complexity index is 1480. The summed E-state index contributed by atoms with van der Waals surface area (Å²) in [5.74, 6) is -0.852. The number of non-ortho nitro benzene ring substituents is 1. The van der Waals surface area contributed by atoms with Gasteiger partial charge in [0.15, 0.2) is 0 Å². The van der Waals surface area contributed by atoms with Gasteiger partial charge in [-0.05, 0) is 48.6 Å². The standard InChI is InChI=1S/C29H27N5O5/c30-28(36)24-14-15-25(35)33(24)16-4-5-18-8-10-20(11-9-18)31-27(19-6-2-1-3-7-19)26-22-17-21(34(38)39)12-13-23(22)32-29(26)37/h1-3,6-13,17,24,31H,4-5,14-16H2,(H2,30,36)(H,32,37). The molecule has 0 saturated carbocycles. The highest BCUT2D eigenvalue weighted by molar-refractivity contribution is 6.37. The second-order valence-electron chi connectivity index (χ2n) is 9.53. The fourth-order valence-electron chi connectivity index (χ4n) is 5.06. The van der Waals surface area contributed by atoms with E-state index < -0.39 is 16.9 Å². The summed E-state index contributed by atoms with van der Waals surface area (Å²) in [4.78, 5) is 49.2.